The molecular formula is C17H10BrClO2. The molecule has 0 radical (unpaired) electrons. The molecule has 0 aliphatic heterocycles. The minimum absolute atomic E-state index is 0.399. The fourth-order valence-corrected chi connectivity index (χ4v) is 2.72. The molecule has 0 unspecified atom stereocenters. The van der Waals surface area contributed by atoms with Gasteiger partial charge in [-0.1, -0.05) is 57.9 Å². The molecule has 3 rings (SSSR count). The molecule has 0 fully saturated rings. The molecule has 0 atom stereocenters. The van der Waals surface area contributed by atoms with Crippen LogP contribution in [0, 0.1) is 0 Å². The highest BCUT2D eigenvalue weighted by Gasteiger charge is 2.12. The van der Waals surface area contributed by atoms with Crippen LogP contribution in [-0.2, 0) is 0 Å². The van der Waals surface area contributed by atoms with Crippen LogP contribution in [0.25, 0.3) is 10.8 Å². The molecule has 0 saturated carbocycles. The maximum absolute atomic E-state index is 12.2. The van der Waals surface area contributed by atoms with Crippen molar-refractivity contribution < 1.29 is 9.53 Å². The van der Waals surface area contributed by atoms with Gasteiger partial charge < -0.3 is 4.74 Å². The lowest BCUT2D eigenvalue weighted by Gasteiger charge is -2.09. The van der Waals surface area contributed by atoms with Gasteiger partial charge in [-0.25, -0.2) is 4.79 Å². The van der Waals surface area contributed by atoms with Crippen LogP contribution in [0.15, 0.2) is 65.1 Å². The molecule has 3 aromatic rings. The summed E-state index contributed by atoms with van der Waals surface area (Å²) in [5.41, 5.74) is 0.489. The number of halogens is 2. The second kappa shape index (κ2) is 5.88. The number of hydrogen-bond acceptors (Lipinski definition) is 2. The fraction of sp³-hybridized carbons (Fsp3) is 0. The van der Waals surface area contributed by atoms with Gasteiger partial charge in [-0.2, -0.15) is 0 Å². The zero-order valence-electron chi connectivity index (χ0n) is 10.8. The number of fused-ring (bicyclic) bond motifs is 1. The van der Waals surface area contributed by atoms with Crippen LogP contribution in [0.5, 0.6) is 5.75 Å². The molecule has 0 aliphatic carbocycles. The number of carbonyl (C=O) groups excluding carboxylic acids is 1. The van der Waals surface area contributed by atoms with E-state index in [-0.39, 0.29) is 0 Å². The molecule has 0 aromatic heterocycles. The average molecular weight is 362 g/mol. The van der Waals surface area contributed by atoms with Crippen LogP contribution in [0.2, 0.25) is 5.02 Å². The topological polar surface area (TPSA) is 26.3 Å². The monoisotopic (exact) mass is 360 g/mol. The van der Waals surface area contributed by atoms with E-state index >= 15 is 0 Å². The quantitative estimate of drug-likeness (QED) is 0.446. The summed E-state index contributed by atoms with van der Waals surface area (Å²) >= 11 is 9.50. The van der Waals surface area contributed by atoms with Crippen LogP contribution in [0.1, 0.15) is 10.4 Å². The second-order valence-electron chi connectivity index (χ2n) is 4.49. The first-order chi connectivity index (χ1) is 10.1. The lowest BCUT2D eigenvalue weighted by Crippen LogP contribution is -2.08. The predicted molar refractivity (Wildman–Crippen MR) is 88.1 cm³/mol. The molecule has 0 N–H and O–H groups in total. The van der Waals surface area contributed by atoms with E-state index in [0.29, 0.717) is 16.3 Å². The van der Waals surface area contributed by atoms with Crippen molar-refractivity contribution in [2.75, 3.05) is 0 Å². The van der Waals surface area contributed by atoms with Crippen LogP contribution >= 0.6 is 27.5 Å². The second-order valence-corrected chi connectivity index (χ2v) is 5.81. The summed E-state index contributed by atoms with van der Waals surface area (Å²) in [5.74, 6) is 0.101. The molecule has 2 nitrogen and oxygen atoms in total. The Morgan fingerprint density at radius 1 is 0.952 bits per heavy atom. The Morgan fingerprint density at radius 3 is 2.48 bits per heavy atom. The van der Waals surface area contributed by atoms with Gasteiger partial charge in [0, 0.05) is 20.3 Å². The molecular weight excluding hydrogens is 352 g/mol. The smallest absolute Gasteiger partial charge is 0.343 e. The number of carbonyl (C=O) groups is 1. The van der Waals surface area contributed by atoms with Gasteiger partial charge in [-0.3, -0.25) is 0 Å². The van der Waals surface area contributed by atoms with Crippen molar-refractivity contribution in [3.05, 3.63) is 75.7 Å². The van der Waals surface area contributed by atoms with Crippen LogP contribution < -0.4 is 4.74 Å². The Labute approximate surface area is 135 Å². The van der Waals surface area contributed by atoms with Crippen molar-refractivity contribution in [2.24, 2.45) is 0 Å². The van der Waals surface area contributed by atoms with E-state index in [2.05, 4.69) is 15.9 Å². The van der Waals surface area contributed by atoms with Gasteiger partial charge in [-0.15, -0.1) is 0 Å². The normalized spacial score (nSPS) is 10.6. The number of benzene rings is 3. The highest BCUT2D eigenvalue weighted by Crippen LogP contribution is 2.31. The van der Waals surface area contributed by atoms with Gasteiger partial charge in [-0.05, 0) is 30.3 Å². The number of hydrogen-bond donors (Lipinski definition) is 0. The minimum Gasteiger partial charge on any atom is -0.422 e. The first-order valence-electron chi connectivity index (χ1n) is 6.30. The highest BCUT2D eigenvalue weighted by molar-refractivity contribution is 9.10. The summed E-state index contributed by atoms with van der Waals surface area (Å²) in [5, 5.41) is 2.31. The van der Waals surface area contributed by atoms with E-state index in [1.54, 1.807) is 30.3 Å². The number of ether oxygens (including phenoxy) is 1. The fourth-order valence-electron chi connectivity index (χ4n) is 2.10. The average Bonchev–Trinajstić information content (AvgIpc) is 2.50. The van der Waals surface area contributed by atoms with Gasteiger partial charge in [0.05, 0.1) is 5.56 Å². The maximum atomic E-state index is 12.2. The van der Waals surface area contributed by atoms with Gasteiger partial charge in [0.15, 0.2) is 0 Å². The SMILES string of the molecule is O=C(Oc1ccc(Cl)c2ccccc12)c1cccc(Br)c1. The highest BCUT2D eigenvalue weighted by atomic mass is 79.9. The molecule has 4 heteroatoms. The Morgan fingerprint density at radius 2 is 1.71 bits per heavy atom. The molecule has 0 saturated heterocycles. The van der Waals surface area contributed by atoms with Gasteiger partial charge in [0.2, 0.25) is 0 Å². The molecule has 0 bridgehead atoms. The number of rotatable bonds is 2. The van der Waals surface area contributed by atoms with Crippen molar-refractivity contribution in [1.29, 1.82) is 0 Å². The Kier molecular flexibility index (Phi) is 3.95. The van der Waals surface area contributed by atoms with Crippen LogP contribution in [0.4, 0.5) is 0 Å². The lowest BCUT2D eigenvalue weighted by molar-refractivity contribution is 0.0737. The van der Waals surface area contributed by atoms with E-state index in [4.69, 9.17) is 16.3 Å². The third-order valence-electron chi connectivity index (χ3n) is 3.09. The first-order valence-corrected chi connectivity index (χ1v) is 7.47. The van der Waals surface area contributed by atoms with E-state index in [0.717, 1.165) is 15.2 Å². The number of esters is 1. The van der Waals surface area contributed by atoms with E-state index in [1.807, 2.05) is 30.3 Å². The summed E-state index contributed by atoms with van der Waals surface area (Å²) < 4.78 is 6.34. The summed E-state index contributed by atoms with van der Waals surface area (Å²) in [4.78, 5) is 12.2. The van der Waals surface area contributed by atoms with Crippen LogP contribution in [0.3, 0.4) is 0 Å². The van der Waals surface area contributed by atoms with Crippen molar-refractivity contribution in [1.82, 2.24) is 0 Å². The molecule has 0 amide bonds. The maximum Gasteiger partial charge on any atom is 0.343 e. The Balaban J connectivity index is 1.99. The van der Waals surface area contributed by atoms with Crippen molar-refractivity contribution in [2.45, 2.75) is 0 Å². The summed E-state index contributed by atoms with van der Waals surface area (Å²) in [6, 6.07) is 18.1. The molecule has 0 heterocycles. The summed E-state index contributed by atoms with van der Waals surface area (Å²) in [7, 11) is 0. The van der Waals surface area contributed by atoms with E-state index in [1.165, 1.54) is 0 Å². The molecule has 0 spiro atoms. The van der Waals surface area contributed by atoms with Gasteiger partial charge in [0.1, 0.15) is 5.75 Å². The van der Waals surface area contributed by atoms with Crippen LogP contribution in [-0.4, -0.2) is 5.97 Å². The molecule has 21 heavy (non-hydrogen) atoms. The molecule has 3 aromatic carbocycles. The molecule has 104 valence electrons. The Bertz CT molecular complexity index is 830. The largest absolute Gasteiger partial charge is 0.422 e. The van der Waals surface area contributed by atoms with Crippen molar-refractivity contribution >= 4 is 44.3 Å². The predicted octanol–water partition coefficient (Wildman–Crippen LogP) is 5.47. The first kappa shape index (κ1) is 14.1. The zero-order valence-corrected chi connectivity index (χ0v) is 13.2. The third-order valence-corrected chi connectivity index (χ3v) is 3.92. The van der Waals surface area contributed by atoms with Gasteiger partial charge in [0.25, 0.3) is 0 Å². The summed E-state index contributed by atoms with van der Waals surface area (Å²) in [6.45, 7) is 0. The summed E-state index contributed by atoms with van der Waals surface area (Å²) in [6.07, 6.45) is 0. The van der Waals surface area contributed by atoms with E-state index < -0.39 is 5.97 Å². The standard InChI is InChI=1S/C17H10BrClO2/c18-12-5-3-4-11(10-12)17(20)21-16-9-8-15(19)13-6-1-2-7-14(13)16/h1-10H. The Hall–Kier alpha value is -1.84. The molecule has 0 aliphatic rings. The van der Waals surface area contributed by atoms with Crippen molar-refractivity contribution in [3.63, 3.8) is 0 Å². The van der Waals surface area contributed by atoms with Crippen molar-refractivity contribution in [3.8, 4) is 5.75 Å². The third kappa shape index (κ3) is 2.94. The van der Waals surface area contributed by atoms with Gasteiger partial charge >= 0.3 is 5.97 Å². The van der Waals surface area contributed by atoms with E-state index in [9.17, 15) is 4.79 Å². The zero-order chi connectivity index (χ0) is 14.8. The minimum atomic E-state index is -0.399. The lowest BCUT2D eigenvalue weighted by atomic mass is 10.1.